The number of hydrogen-bond acceptors (Lipinski definition) is 4. The first kappa shape index (κ1) is 14.3. The standard InChI is InChI=1S/C13H22N2O4/c1-2-13(4-3-5-14-8-13)12(19)15-7-9(16)6-10(15)11(17)18/h9-10,14,16H,2-8H2,1H3,(H,17,18)/t9-,10-,13?/m1/s1. The molecule has 1 amide bonds. The molecule has 2 rings (SSSR count). The van der Waals surface area contributed by atoms with E-state index < -0.39 is 23.5 Å². The second kappa shape index (κ2) is 5.46. The van der Waals surface area contributed by atoms with E-state index in [9.17, 15) is 19.8 Å². The van der Waals surface area contributed by atoms with E-state index >= 15 is 0 Å². The van der Waals surface area contributed by atoms with Gasteiger partial charge in [-0.1, -0.05) is 6.92 Å². The lowest BCUT2D eigenvalue weighted by Gasteiger charge is -2.39. The highest BCUT2D eigenvalue weighted by Crippen LogP contribution is 2.35. The fourth-order valence-corrected chi connectivity index (χ4v) is 3.18. The summed E-state index contributed by atoms with van der Waals surface area (Å²) in [7, 11) is 0. The van der Waals surface area contributed by atoms with Crippen LogP contribution in [0.5, 0.6) is 0 Å². The number of rotatable bonds is 3. The average Bonchev–Trinajstić information content (AvgIpc) is 2.81. The van der Waals surface area contributed by atoms with Crippen molar-refractivity contribution in [1.29, 1.82) is 0 Å². The number of carboxylic acids is 1. The zero-order chi connectivity index (χ0) is 14.0. The molecule has 6 nitrogen and oxygen atoms in total. The van der Waals surface area contributed by atoms with Crippen LogP contribution in [-0.2, 0) is 9.59 Å². The van der Waals surface area contributed by atoms with Crippen molar-refractivity contribution in [2.24, 2.45) is 5.41 Å². The summed E-state index contributed by atoms with van der Waals surface area (Å²) in [5.41, 5.74) is -0.504. The molecule has 1 unspecified atom stereocenters. The molecule has 2 saturated heterocycles. The smallest absolute Gasteiger partial charge is 0.326 e. The molecule has 0 aromatic rings. The number of carboxylic acid groups (broad SMARTS) is 1. The first-order valence-corrected chi connectivity index (χ1v) is 6.93. The van der Waals surface area contributed by atoms with Gasteiger partial charge in [0.2, 0.25) is 5.91 Å². The number of likely N-dealkylation sites (tertiary alicyclic amines) is 1. The molecule has 0 aromatic heterocycles. The number of aliphatic hydroxyl groups is 1. The molecule has 2 aliphatic heterocycles. The number of aliphatic hydroxyl groups excluding tert-OH is 1. The van der Waals surface area contributed by atoms with Crippen LogP contribution >= 0.6 is 0 Å². The van der Waals surface area contributed by atoms with E-state index in [0.717, 1.165) is 19.4 Å². The van der Waals surface area contributed by atoms with Crippen LogP contribution < -0.4 is 5.32 Å². The molecule has 6 heteroatoms. The first-order chi connectivity index (χ1) is 9.00. The van der Waals surface area contributed by atoms with Crippen LogP contribution in [0.25, 0.3) is 0 Å². The van der Waals surface area contributed by atoms with Crippen LogP contribution in [0.2, 0.25) is 0 Å². The van der Waals surface area contributed by atoms with Crippen LogP contribution in [0.4, 0.5) is 0 Å². The van der Waals surface area contributed by atoms with Gasteiger partial charge in [-0.25, -0.2) is 4.79 Å². The summed E-state index contributed by atoms with van der Waals surface area (Å²) < 4.78 is 0. The Morgan fingerprint density at radius 3 is 2.74 bits per heavy atom. The minimum absolute atomic E-state index is 0.119. The molecule has 108 valence electrons. The van der Waals surface area contributed by atoms with Crippen LogP contribution in [0.3, 0.4) is 0 Å². The van der Waals surface area contributed by atoms with Gasteiger partial charge in [-0.05, 0) is 25.8 Å². The highest BCUT2D eigenvalue weighted by Gasteiger charge is 2.47. The maximum atomic E-state index is 12.7. The van der Waals surface area contributed by atoms with E-state index in [4.69, 9.17) is 0 Å². The minimum atomic E-state index is -1.03. The highest BCUT2D eigenvalue weighted by molar-refractivity contribution is 5.88. The van der Waals surface area contributed by atoms with Crippen LogP contribution in [-0.4, -0.2) is 58.8 Å². The van der Waals surface area contributed by atoms with Gasteiger partial charge in [0, 0.05) is 19.5 Å². The van der Waals surface area contributed by atoms with Crippen molar-refractivity contribution in [2.45, 2.75) is 44.8 Å². The van der Waals surface area contributed by atoms with Crippen molar-refractivity contribution >= 4 is 11.9 Å². The predicted octanol–water partition coefficient (Wildman–Crippen LogP) is -0.187. The quantitative estimate of drug-likeness (QED) is 0.661. The maximum absolute atomic E-state index is 12.7. The lowest BCUT2D eigenvalue weighted by molar-refractivity contribution is -0.154. The molecular weight excluding hydrogens is 248 g/mol. The molecule has 0 aliphatic carbocycles. The van der Waals surface area contributed by atoms with Crippen LogP contribution in [0.15, 0.2) is 0 Å². The Bertz CT molecular complexity index is 366. The van der Waals surface area contributed by atoms with Gasteiger partial charge in [-0.3, -0.25) is 4.79 Å². The second-order valence-electron chi connectivity index (χ2n) is 5.62. The van der Waals surface area contributed by atoms with Gasteiger partial charge >= 0.3 is 5.97 Å². The van der Waals surface area contributed by atoms with Gasteiger partial charge in [0.05, 0.1) is 11.5 Å². The fraction of sp³-hybridized carbons (Fsp3) is 0.846. The topological polar surface area (TPSA) is 89.9 Å². The molecule has 0 aromatic carbocycles. The van der Waals surface area contributed by atoms with E-state index in [1.54, 1.807) is 0 Å². The molecule has 3 atom stereocenters. The predicted molar refractivity (Wildman–Crippen MR) is 68.6 cm³/mol. The average molecular weight is 270 g/mol. The third-order valence-corrected chi connectivity index (χ3v) is 4.43. The molecule has 3 N–H and O–H groups in total. The maximum Gasteiger partial charge on any atom is 0.326 e. The van der Waals surface area contributed by atoms with Gasteiger partial charge in [-0.2, -0.15) is 0 Å². The van der Waals surface area contributed by atoms with E-state index in [1.165, 1.54) is 4.90 Å². The van der Waals surface area contributed by atoms with Gasteiger partial charge in [0.1, 0.15) is 6.04 Å². The summed E-state index contributed by atoms with van der Waals surface area (Å²) in [6, 6.07) is -0.882. The first-order valence-electron chi connectivity index (χ1n) is 6.93. The van der Waals surface area contributed by atoms with Crippen LogP contribution in [0.1, 0.15) is 32.6 Å². The number of β-amino-alcohol motifs (C(OH)–C–C–N with tert-alkyl or cyclic N) is 1. The monoisotopic (exact) mass is 270 g/mol. The highest BCUT2D eigenvalue weighted by atomic mass is 16.4. The lowest BCUT2D eigenvalue weighted by atomic mass is 9.77. The summed E-state index contributed by atoms with van der Waals surface area (Å²) >= 11 is 0. The van der Waals surface area contributed by atoms with E-state index in [0.29, 0.717) is 13.0 Å². The minimum Gasteiger partial charge on any atom is -0.480 e. The fourth-order valence-electron chi connectivity index (χ4n) is 3.18. The molecule has 0 spiro atoms. The SMILES string of the molecule is CCC1(C(=O)N2C[C@H](O)C[C@@H]2C(=O)O)CCCNC1. The van der Waals surface area contributed by atoms with Crippen molar-refractivity contribution in [3.8, 4) is 0 Å². The number of carbonyl (C=O) groups is 2. The Balaban J connectivity index is 2.19. The Hall–Kier alpha value is -1.14. The zero-order valence-electron chi connectivity index (χ0n) is 11.3. The molecule has 0 saturated carbocycles. The second-order valence-corrected chi connectivity index (χ2v) is 5.62. The molecular formula is C13H22N2O4. The van der Waals surface area contributed by atoms with Crippen molar-refractivity contribution in [3.05, 3.63) is 0 Å². The molecule has 0 bridgehead atoms. The Labute approximate surface area is 112 Å². The van der Waals surface area contributed by atoms with E-state index in [-0.39, 0.29) is 18.9 Å². The lowest BCUT2D eigenvalue weighted by Crippen LogP contribution is -2.54. The summed E-state index contributed by atoms with van der Waals surface area (Å²) in [5, 5.41) is 22.1. The van der Waals surface area contributed by atoms with Crippen LogP contribution in [0, 0.1) is 5.41 Å². The van der Waals surface area contributed by atoms with Gasteiger partial charge in [0.15, 0.2) is 0 Å². The molecule has 2 aliphatic rings. The number of piperidine rings is 1. The van der Waals surface area contributed by atoms with Crippen molar-refractivity contribution < 1.29 is 19.8 Å². The summed E-state index contributed by atoms with van der Waals surface area (Å²) in [6.07, 6.45) is 1.81. The van der Waals surface area contributed by atoms with E-state index in [1.807, 2.05) is 6.92 Å². The third-order valence-electron chi connectivity index (χ3n) is 4.43. The summed E-state index contributed by atoms with van der Waals surface area (Å²) in [6.45, 7) is 3.60. The summed E-state index contributed by atoms with van der Waals surface area (Å²) in [5.74, 6) is -1.15. The number of carbonyl (C=O) groups excluding carboxylic acids is 1. The van der Waals surface area contributed by atoms with Crippen molar-refractivity contribution in [3.63, 3.8) is 0 Å². The zero-order valence-corrected chi connectivity index (χ0v) is 11.3. The van der Waals surface area contributed by atoms with Crippen molar-refractivity contribution in [1.82, 2.24) is 10.2 Å². The van der Waals surface area contributed by atoms with E-state index in [2.05, 4.69) is 5.32 Å². The number of amides is 1. The number of nitrogens with zero attached hydrogens (tertiary/aromatic N) is 1. The molecule has 0 radical (unpaired) electrons. The summed E-state index contributed by atoms with van der Waals surface area (Å²) in [4.78, 5) is 25.3. The molecule has 19 heavy (non-hydrogen) atoms. The van der Waals surface area contributed by atoms with Gasteiger partial charge in [0.25, 0.3) is 0 Å². The Kier molecular flexibility index (Phi) is 4.10. The number of aliphatic carboxylic acids is 1. The Morgan fingerprint density at radius 1 is 1.47 bits per heavy atom. The van der Waals surface area contributed by atoms with Gasteiger partial charge in [-0.15, -0.1) is 0 Å². The number of hydrogen-bond donors (Lipinski definition) is 3. The van der Waals surface area contributed by atoms with Gasteiger partial charge < -0.3 is 20.4 Å². The largest absolute Gasteiger partial charge is 0.480 e. The van der Waals surface area contributed by atoms with Crippen molar-refractivity contribution in [2.75, 3.05) is 19.6 Å². The molecule has 2 fully saturated rings. The normalized spacial score (nSPS) is 35.4. The molecule has 2 heterocycles. The third kappa shape index (κ3) is 2.60. The number of nitrogens with one attached hydrogen (secondary N) is 1. The Morgan fingerprint density at radius 2 is 2.21 bits per heavy atom.